The minimum atomic E-state index is 0.205. The fourth-order valence-corrected chi connectivity index (χ4v) is 4.15. The first-order valence-corrected chi connectivity index (χ1v) is 8.32. The van der Waals surface area contributed by atoms with Crippen LogP contribution in [-0.2, 0) is 6.42 Å². The summed E-state index contributed by atoms with van der Waals surface area (Å²) in [6, 6.07) is 4.43. The van der Waals surface area contributed by atoms with Gasteiger partial charge in [0.1, 0.15) is 5.76 Å². The number of hydrogen-bond acceptors (Lipinski definition) is 3. The Morgan fingerprint density at radius 3 is 2.72 bits per heavy atom. The highest BCUT2D eigenvalue weighted by molar-refractivity contribution is 9.13. The van der Waals surface area contributed by atoms with Gasteiger partial charge in [-0.2, -0.15) is 0 Å². The zero-order valence-corrected chi connectivity index (χ0v) is 14.3. The van der Waals surface area contributed by atoms with Gasteiger partial charge in [-0.1, -0.05) is 13.8 Å². The van der Waals surface area contributed by atoms with E-state index in [2.05, 4.69) is 63.2 Å². The fourth-order valence-electron chi connectivity index (χ4n) is 1.97. The van der Waals surface area contributed by atoms with E-state index in [-0.39, 0.29) is 6.04 Å². The molecule has 0 radical (unpaired) electrons. The summed E-state index contributed by atoms with van der Waals surface area (Å²) in [7, 11) is 0. The second-order valence-corrected chi connectivity index (χ2v) is 7.17. The Kier molecular flexibility index (Phi) is 5.06. The summed E-state index contributed by atoms with van der Waals surface area (Å²) in [6.45, 7) is 5.16. The molecule has 0 aliphatic rings. The largest absolute Gasteiger partial charge is 0.469 e. The average Bonchev–Trinajstić information content (AvgIpc) is 2.94. The summed E-state index contributed by atoms with van der Waals surface area (Å²) in [4.78, 5) is 1.28. The molecule has 0 saturated carbocycles. The molecule has 0 amide bonds. The Morgan fingerprint density at radius 1 is 1.39 bits per heavy atom. The summed E-state index contributed by atoms with van der Waals surface area (Å²) < 4.78 is 7.77. The first-order chi connectivity index (χ1) is 8.67. The topological polar surface area (TPSA) is 25.2 Å². The Hall–Kier alpha value is -0.100. The van der Waals surface area contributed by atoms with E-state index in [4.69, 9.17) is 4.42 Å². The number of nitrogens with one attached hydrogen (secondary N) is 1. The number of furan rings is 1. The maximum atomic E-state index is 5.54. The van der Waals surface area contributed by atoms with E-state index in [1.54, 1.807) is 17.6 Å². The third-order valence-electron chi connectivity index (χ3n) is 2.77. The van der Waals surface area contributed by atoms with Gasteiger partial charge in [-0.05, 0) is 50.5 Å². The van der Waals surface area contributed by atoms with E-state index in [1.807, 2.05) is 0 Å². The van der Waals surface area contributed by atoms with E-state index in [0.717, 1.165) is 27.0 Å². The molecule has 1 unspecified atom stereocenters. The van der Waals surface area contributed by atoms with Crippen molar-refractivity contribution in [1.82, 2.24) is 5.32 Å². The fraction of sp³-hybridized carbons (Fsp3) is 0.385. The molecule has 98 valence electrons. The molecule has 5 heteroatoms. The number of aryl methyl sites for hydroxylation is 1. The molecular formula is C13H15Br2NOS. The molecule has 2 aromatic heterocycles. The molecule has 18 heavy (non-hydrogen) atoms. The van der Waals surface area contributed by atoms with Gasteiger partial charge < -0.3 is 9.73 Å². The quantitative estimate of drug-likeness (QED) is 0.763. The second kappa shape index (κ2) is 6.37. The van der Waals surface area contributed by atoms with Crippen molar-refractivity contribution in [3.05, 3.63) is 42.9 Å². The van der Waals surface area contributed by atoms with E-state index in [9.17, 15) is 0 Å². The summed E-state index contributed by atoms with van der Waals surface area (Å²) in [5.41, 5.74) is 1.24. The Bertz CT molecular complexity index is 501. The normalized spacial score (nSPS) is 12.9. The maximum Gasteiger partial charge on any atom is 0.108 e. The highest BCUT2D eigenvalue weighted by Gasteiger charge is 2.21. The summed E-state index contributed by atoms with van der Waals surface area (Å²) in [5.74, 6) is 1.06. The van der Waals surface area contributed by atoms with Gasteiger partial charge in [-0.3, -0.25) is 0 Å². The van der Waals surface area contributed by atoms with Crippen LogP contribution < -0.4 is 5.32 Å². The number of rotatable bonds is 5. The molecule has 1 atom stereocenters. The van der Waals surface area contributed by atoms with Crippen LogP contribution in [0.5, 0.6) is 0 Å². The van der Waals surface area contributed by atoms with Gasteiger partial charge in [0.05, 0.1) is 16.1 Å². The molecule has 0 aliphatic heterocycles. The van der Waals surface area contributed by atoms with Crippen LogP contribution in [0.3, 0.4) is 0 Å². The minimum Gasteiger partial charge on any atom is -0.469 e. The highest BCUT2D eigenvalue weighted by atomic mass is 79.9. The van der Waals surface area contributed by atoms with Gasteiger partial charge in [-0.15, -0.1) is 11.3 Å². The third kappa shape index (κ3) is 2.90. The minimum absolute atomic E-state index is 0.205. The van der Waals surface area contributed by atoms with Crippen LogP contribution in [0.4, 0.5) is 0 Å². The smallest absolute Gasteiger partial charge is 0.108 e. The van der Waals surface area contributed by atoms with Crippen LogP contribution >= 0.6 is 43.2 Å². The predicted molar refractivity (Wildman–Crippen MR) is 83.3 cm³/mol. The average molecular weight is 393 g/mol. The lowest BCUT2D eigenvalue weighted by Gasteiger charge is -2.16. The Morgan fingerprint density at radius 2 is 2.17 bits per heavy atom. The van der Waals surface area contributed by atoms with E-state index >= 15 is 0 Å². The van der Waals surface area contributed by atoms with Crippen molar-refractivity contribution in [2.75, 3.05) is 6.54 Å². The van der Waals surface area contributed by atoms with Crippen LogP contribution in [0.15, 0.2) is 31.1 Å². The lowest BCUT2D eigenvalue weighted by molar-refractivity contribution is 0.503. The van der Waals surface area contributed by atoms with Crippen LogP contribution in [0.1, 0.15) is 36.1 Å². The molecule has 2 rings (SSSR count). The Balaban J connectivity index is 2.39. The second-order valence-electron chi connectivity index (χ2n) is 3.91. The lowest BCUT2D eigenvalue weighted by Crippen LogP contribution is -2.21. The first kappa shape index (κ1) is 14.3. The number of halogens is 2. The molecule has 0 saturated heterocycles. The molecule has 0 aromatic carbocycles. The zero-order valence-electron chi connectivity index (χ0n) is 10.3. The van der Waals surface area contributed by atoms with Crippen LogP contribution in [-0.4, -0.2) is 6.54 Å². The van der Waals surface area contributed by atoms with Gasteiger partial charge in [-0.25, -0.2) is 0 Å². The molecule has 0 spiro atoms. The zero-order chi connectivity index (χ0) is 13.1. The van der Waals surface area contributed by atoms with Gasteiger partial charge in [0, 0.05) is 21.3 Å². The van der Waals surface area contributed by atoms with Gasteiger partial charge in [0.2, 0.25) is 0 Å². The predicted octanol–water partition coefficient (Wildman–Crippen LogP) is 5.13. The SMILES string of the molecule is CCNC(c1cc(Br)c(Br)s1)c1ccoc1CC. The molecule has 0 fully saturated rings. The highest BCUT2D eigenvalue weighted by Crippen LogP contribution is 2.38. The van der Waals surface area contributed by atoms with Crippen molar-refractivity contribution >= 4 is 43.2 Å². The van der Waals surface area contributed by atoms with Crippen LogP contribution in [0.25, 0.3) is 0 Å². The molecular weight excluding hydrogens is 378 g/mol. The van der Waals surface area contributed by atoms with Gasteiger partial charge >= 0.3 is 0 Å². The van der Waals surface area contributed by atoms with Crippen LogP contribution in [0.2, 0.25) is 0 Å². The summed E-state index contributed by atoms with van der Waals surface area (Å²) in [6.07, 6.45) is 2.69. The van der Waals surface area contributed by atoms with Gasteiger partial charge in [0.15, 0.2) is 0 Å². The van der Waals surface area contributed by atoms with Crippen molar-refractivity contribution in [1.29, 1.82) is 0 Å². The van der Waals surface area contributed by atoms with E-state index in [1.165, 1.54) is 10.4 Å². The number of hydrogen-bond donors (Lipinski definition) is 1. The summed E-state index contributed by atoms with van der Waals surface area (Å²) in [5, 5.41) is 3.53. The first-order valence-electron chi connectivity index (χ1n) is 5.91. The van der Waals surface area contributed by atoms with Crippen molar-refractivity contribution in [3.8, 4) is 0 Å². The van der Waals surface area contributed by atoms with Crippen molar-refractivity contribution in [3.63, 3.8) is 0 Å². The monoisotopic (exact) mass is 391 g/mol. The van der Waals surface area contributed by atoms with Gasteiger partial charge in [0.25, 0.3) is 0 Å². The maximum absolute atomic E-state index is 5.54. The van der Waals surface area contributed by atoms with Crippen molar-refractivity contribution in [2.45, 2.75) is 26.3 Å². The van der Waals surface area contributed by atoms with Crippen LogP contribution in [0, 0.1) is 0 Å². The molecule has 1 N–H and O–H groups in total. The van der Waals surface area contributed by atoms with E-state index < -0.39 is 0 Å². The molecule has 0 aliphatic carbocycles. The number of thiophene rings is 1. The standard InChI is InChI=1S/C13H15Br2NOS/c1-3-10-8(5-6-17-10)12(16-4-2)11-7-9(14)13(15)18-11/h5-7,12,16H,3-4H2,1-2H3. The van der Waals surface area contributed by atoms with Crippen molar-refractivity contribution in [2.24, 2.45) is 0 Å². The molecule has 0 bridgehead atoms. The molecule has 2 nitrogen and oxygen atoms in total. The summed E-state index contributed by atoms with van der Waals surface area (Å²) >= 11 is 8.85. The molecule has 2 aromatic rings. The van der Waals surface area contributed by atoms with Crippen molar-refractivity contribution < 1.29 is 4.42 Å². The molecule has 2 heterocycles. The lowest BCUT2D eigenvalue weighted by atomic mass is 10.0. The third-order valence-corrected chi connectivity index (χ3v) is 6.09. The Labute approximate surface area is 128 Å². The van der Waals surface area contributed by atoms with E-state index in [0.29, 0.717) is 0 Å².